The minimum atomic E-state index is -3.93. The maximum absolute atomic E-state index is 13.4. The standard InChI is InChI=1S/C25H28N2O4S/c1-19-11-13-23(14-12-19)32(29,30)27(24-10-5-4-8-21(24)3)18-25(28)26-15-16-31-22-9-6-7-20(2)17-22/h4-14,17H,15-16,18H2,1-3H3,(H,26,28). The minimum Gasteiger partial charge on any atom is -0.492 e. The first kappa shape index (κ1) is 23.3. The highest BCUT2D eigenvalue weighted by molar-refractivity contribution is 7.92. The molecule has 3 aromatic rings. The fraction of sp³-hybridized carbons (Fsp3) is 0.240. The third-order valence-corrected chi connectivity index (χ3v) is 6.74. The number of hydrogen-bond donors (Lipinski definition) is 1. The van der Waals surface area contributed by atoms with Gasteiger partial charge in [0.05, 0.1) is 17.1 Å². The summed E-state index contributed by atoms with van der Waals surface area (Å²) in [5.41, 5.74) is 3.28. The molecular weight excluding hydrogens is 424 g/mol. The van der Waals surface area contributed by atoms with Gasteiger partial charge in [0.15, 0.2) is 0 Å². The number of nitrogens with zero attached hydrogens (tertiary/aromatic N) is 1. The lowest BCUT2D eigenvalue weighted by Crippen LogP contribution is -2.42. The van der Waals surface area contributed by atoms with E-state index in [2.05, 4.69) is 5.32 Å². The minimum absolute atomic E-state index is 0.141. The fourth-order valence-corrected chi connectivity index (χ4v) is 4.72. The first-order valence-corrected chi connectivity index (χ1v) is 11.8. The molecule has 0 unspecified atom stereocenters. The fourth-order valence-electron chi connectivity index (χ4n) is 3.23. The zero-order valence-corrected chi connectivity index (χ0v) is 19.4. The Kier molecular flexibility index (Phi) is 7.53. The van der Waals surface area contributed by atoms with Crippen LogP contribution in [0.1, 0.15) is 16.7 Å². The van der Waals surface area contributed by atoms with E-state index >= 15 is 0 Å². The Morgan fingerprint density at radius 2 is 1.62 bits per heavy atom. The molecule has 0 radical (unpaired) electrons. The van der Waals surface area contributed by atoms with E-state index in [-0.39, 0.29) is 24.6 Å². The zero-order chi connectivity index (χ0) is 23.1. The number of amides is 1. The van der Waals surface area contributed by atoms with Crippen LogP contribution in [0.2, 0.25) is 0 Å². The van der Waals surface area contributed by atoms with Crippen molar-refractivity contribution in [2.45, 2.75) is 25.7 Å². The monoisotopic (exact) mass is 452 g/mol. The largest absolute Gasteiger partial charge is 0.492 e. The third kappa shape index (κ3) is 5.88. The number of benzene rings is 3. The smallest absolute Gasteiger partial charge is 0.264 e. The summed E-state index contributed by atoms with van der Waals surface area (Å²) in [7, 11) is -3.93. The van der Waals surface area contributed by atoms with Crippen LogP contribution in [0.3, 0.4) is 0 Å². The molecule has 0 saturated heterocycles. The Morgan fingerprint density at radius 1 is 0.906 bits per heavy atom. The number of para-hydroxylation sites is 1. The van der Waals surface area contributed by atoms with Crippen LogP contribution >= 0.6 is 0 Å². The van der Waals surface area contributed by atoms with Crippen molar-refractivity contribution in [2.24, 2.45) is 0 Å². The second-order valence-electron chi connectivity index (χ2n) is 7.63. The highest BCUT2D eigenvalue weighted by atomic mass is 32.2. The van der Waals surface area contributed by atoms with Gasteiger partial charge in [0.25, 0.3) is 10.0 Å². The lowest BCUT2D eigenvalue weighted by molar-refractivity contribution is -0.119. The van der Waals surface area contributed by atoms with Crippen LogP contribution in [-0.4, -0.2) is 34.0 Å². The van der Waals surface area contributed by atoms with E-state index in [4.69, 9.17) is 4.74 Å². The summed E-state index contributed by atoms with van der Waals surface area (Å²) in [6, 6.07) is 21.4. The molecule has 0 aliphatic rings. The molecule has 0 fully saturated rings. The quantitative estimate of drug-likeness (QED) is 0.498. The van der Waals surface area contributed by atoms with Crippen molar-refractivity contribution >= 4 is 21.6 Å². The molecular formula is C25H28N2O4S. The third-order valence-electron chi connectivity index (χ3n) is 4.96. The summed E-state index contributed by atoms with van der Waals surface area (Å²) in [4.78, 5) is 12.8. The van der Waals surface area contributed by atoms with Gasteiger partial charge in [-0.15, -0.1) is 0 Å². The molecule has 0 aromatic heterocycles. The van der Waals surface area contributed by atoms with Crippen LogP contribution in [0.4, 0.5) is 5.69 Å². The second kappa shape index (κ2) is 10.3. The lowest BCUT2D eigenvalue weighted by atomic mass is 10.2. The van der Waals surface area contributed by atoms with Crippen molar-refractivity contribution in [3.63, 3.8) is 0 Å². The first-order chi connectivity index (χ1) is 15.3. The average molecular weight is 453 g/mol. The number of carbonyl (C=O) groups excluding carboxylic acids is 1. The number of sulfonamides is 1. The number of rotatable bonds is 9. The van der Waals surface area contributed by atoms with Gasteiger partial charge in [-0.05, 0) is 62.2 Å². The van der Waals surface area contributed by atoms with Crippen molar-refractivity contribution in [3.05, 3.63) is 89.5 Å². The zero-order valence-electron chi connectivity index (χ0n) is 18.5. The van der Waals surface area contributed by atoms with Crippen LogP contribution in [-0.2, 0) is 14.8 Å². The summed E-state index contributed by atoms with van der Waals surface area (Å²) in [5, 5.41) is 2.75. The van der Waals surface area contributed by atoms with Crippen LogP contribution in [0, 0.1) is 20.8 Å². The van der Waals surface area contributed by atoms with Gasteiger partial charge in [0, 0.05) is 0 Å². The van der Waals surface area contributed by atoms with E-state index in [0.717, 1.165) is 26.7 Å². The van der Waals surface area contributed by atoms with Gasteiger partial charge in [0.1, 0.15) is 18.9 Å². The summed E-state index contributed by atoms with van der Waals surface area (Å²) < 4.78 is 33.6. The van der Waals surface area contributed by atoms with Crippen LogP contribution in [0.5, 0.6) is 5.75 Å². The Morgan fingerprint density at radius 3 is 2.31 bits per heavy atom. The Labute approximate surface area is 189 Å². The molecule has 3 aromatic carbocycles. The molecule has 0 atom stereocenters. The van der Waals surface area contributed by atoms with Gasteiger partial charge >= 0.3 is 0 Å². The van der Waals surface area contributed by atoms with Crippen LogP contribution in [0.25, 0.3) is 0 Å². The van der Waals surface area contributed by atoms with Gasteiger partial charge in [-0.3, -0.25) is 9.10 Å². The maximum Gasteiger partial charge on any atom is 0.264 e. The molecule has 0 spiro atoms. The Bertz CT molecular complexity index is 1170. The predicted octanol–water partition coefficient (Wildman–Crippen LogP) is 4.00. The summed E-state index contributed by atoms with van der Waals surface area (Å²) in [6.45, 7) is 5.90. The van der Waals surface area contributed by atoms with Crippen molar-refractivity contribution in [2.75, 3.05) is 24.0 Å². The molecule has 6 nitrogen and oxygen atoms in total. The van der Waals surface area contributed by atoms with Crippen LogP contribution < -0.4 is 14.4 Å². The van der Waals surface area contributed by atoms with Gasteiger partial charge < -0.3 is 10.1 Å². The Hall–Kier alpha value is -3.32. The second-order valence-corrected chi connectivity index (χ2v) is 9.49. The lowest BCUT2D eigenvalue weighted by Gasteiger charge is -2.25. The van der Waals surface area contributed by atoms with Gasteiger partial charge in [-0.1, -0.05) is 48.0 Å². The number of hydrogen-bond acceptors (Lipinski definition) is 4. The van der Waals surface area contributed by atoms with E-state index < -0.39 is 15.9 Å². The normalized spacial score (nSPS) is 11.1. The van der Waals surface area contributed by atoms with Gasteiger partial charge in [-0.2, -0.15) is 0 Å². The summed E-state index contributed by atoms with van der Waals surface area (Å²) >= 11 is 0. The highest BCUT2D eigenvalue weighted by Crippen LogP contribution is 2.26. The molecule has 0 saturated carbocycles. The number of aryl methyl sites for hydroxylation is 3. The van der Waals surface area contributed by atoms with Gasteiger partial charge in [-0.25, -0.2) is 8.42 Å². The van der Waals surface area contributed by atoms with E-state index in [1.165, 1.54) is 0 Å². The molecule has 1 N–H and O–H groups in total. The van der Waals surface area contributed by atoms with Crippen molar-refractivity contribution < 1.29 is 17.9 Å². The van der Waals surface area contributed by atoms with Crippen molar-refractivity contribution in [1.29, 1.82) is 0 Å². The number of nitrogens with one attached hydrogen (secondary N) is 1. The molecule has 1 amide bonds. The molecule has 168 valence electrons. The number of carbonyl (C=O) groups is 1. The predicted molar refractivity (Wildman–Crippen MR) is 127 cm³/mol. The molecule has 0 aliphatic carbocycles. The SMILES string of the molecule is Cc1ccc(S(=O)(=O)N(CC(=O)NCCOc2cccc(C)c2)c2ccccc2C)cc1. The topological polar surface area (TPSA) is 75.7 Å². The molecule has 0 aliphatic heterocycles. The number of ether oxygens (including phenoxy) is 1. The van der Waals surface area contributed by atoms with E-state index in [1.54, 1.807) is 36.4 Å². The Balaban J connectivity index is 1.72. The molecule has 7 heteroatoms. The van der Waals surface area contributed by atoms with Crippen molar-refractivity contribution in [3.8, 4) is 5.75 Å². The van der Waals surface area contributed by atoms with Crippen molar-refractivity contribution in [1.82, 2.24) is 5.32 Å². The molecule has 0 bridgehead atoms. The maximum atomic E-state index is 13.4. The molecule has 32 heavy (non-hydrogen) atoms. The van der Waals surface area contributed by atoms with E-state index in [1.807, 2.05) is 57.2 Å². The van der Waals surface area contributed by atoms with E-state index in [0.29, 0.717) is 5.69 Å². The summed E-state index contributed by atoms with van der Waals surface area (Å²) in [6.07, 6.45) is 0. The first-order valence-electron chi connectivity index (χ1n) is 10.4. The van der Waals surface area contributed by atoms with Crippen LogP contribution in [0.15, 0.2) is 77.7 Å². The van der Waals surface area contributed by atoms with E-state index in [9.17, 15) is 13.2 Å². The summed E-state index contributed by atoms with van der Waals surface area (Å²) in [5.74, 6) is 0.319. The molecule has 3 rings (SSSR count). The average Bonchev–Trinajstić information content (AvgIpc) is 2.76. The highest BCUT2D eigenvalue weighted by Gasteiger charge is 2.28. The molecule has 0 heterocycles. The number of anilines is 1. The van der Waals surface area contributed by atoms with Gasteiger partial charge in [0.2, 0.25) is 5.91 Å².